The van der Waals surface area contributed by atoms with Crippen molar-refractivity contribution >= 4 is 28.6 Å². The van der Waals surface area contributed by atoms with Crippen molar-refractivity contribution < 1.29 is 9.21 Å². The van der Waals surface area contributed by atoms with Crippen LogP contribution in [0.3, 0.4) is 0 Å². The van der Waals surface area contributed by atoms with Gasteiger partial charge in [-0.25, -0.2) is 4.98 Å². The van der Waals surface area contributed by atoms with Gasteiger partial charge in [-0.1, -0.05) is 37.6 Å². The minimum absolute atomic E-state index is 0.0642. The first-order chi connectivity index (χ1) is 14.1. The second kappa shape index (κ2) is 8.56. The molecule has 29 heavy (non-hydrogen) atoms. The van der Waals surface area contributed by atoms with E-state index in [1.807, 2.05) is 47.4 Å². The molecule has 0 aliphatic carbocycles. The number of oxazole rings is 1. The largest absolute Gasteiger partial charge is 0.440 e. The molecule has 1 aliphatic rings. The van der Waals surface area contributed by atoms with Crippen LogP contribution in [0.5, 0.6) is 0 Å². The van der Waals surface area contributed by atoms with Crippen LogP contribution in [0.25, 0.3) is 11.1 Å². The lowest BCUT2D eigenvalue weighted by atomic mass is 10.1. The van der Waals surface area contributed by atoms with Gasteiger partial charge in [0.25, 0.3) is 5.91 Å². The van der Waals surface area contributed by atoms with Crippen molar-refractivity contribution in [3.8, 4) is 0 Å². The topological polar surface area (TPSA) is 49.6 Å². The number of hydrogen-bond donors (Lipinski definition) is 0. The van der Waals surface area contributed by atoms with Gasteiger partial charge < -0.3 is 9.32 Å². The molecule has 1 amide bonds. The lowest BCUT2D eigenvalue weighted by molar-refractivity contribution is 0.0778. The molecule has 1 saturated heterocycles. The van der Waals surface area contributed by atoms with E-state index >= 15 is 0 Å². The molecule has 0 spiro atoms. The van der Waals surface area contributed by atoms with Gasteiger partial charge in [-0.15, -0.1) is 0 Å². The highest BCUT2D eigenvalue weighted by Crippen LogP contribution is 2.23. The molecule has 2 aromatic carbocycles. The minimum atomic E-state index is 0.0642. The number of aromatic nitrogens is 1. The fourth-order valence-corrected chi connectivity index (χ4v) is 4.36. The van der Waals surface area contributed by atoms with Crippen molar-refractivity contribution in [1.82, 2.24) is 14.8 Å². The predicted molar refractivity (Wildman–Crippen MR) is 115 cm³/mol. The summed E-state index contributed by atoms with van der Waals surface area (Å²) >= 11 is 6.06. The number of nitrogens with zero attached hydrogens (tertiary/aromatic N) is 3. The van der Waals surface area contributed by atoms with E-state index in [9.17, 15) is 4.79 Å². The van der Waals surface area contributed by atoms with E-state index in [4.69, 9.17) is 16.0 Å². The predicted octanol–water partition coefficient (Wildman–Crippen LogP) is 4.63. The number of hydrogen-bond acceptors (Lipinski definition) is 4. The summed E-state index contributed by atoms with van der Waals surface area (Å²) in [6.45, 7) is 7.97. The smallest absolute Gasteiger partial charge is 0.254 e. The second-order valence-corrected chi connectivity index (χ2v) is 7.95. The van der Waals surface area contributed by atoms with Crippen molar-refractivity contribution in [3.63, 3.8) is 0 Å². The van der Waals surface area contributed by atoms with Gasteiger partial charge in [0.2, 0.25) is 0 Å². The highest BCUT2D eigenvalue weighted by Gasteiger charge is 2.29. The molecule has 152 valence electrons. The Morgan fingerprint density at radius 3 is 2.83 bits per heavy atom. The number of carbonyl (C=O) groups excluding carboxylic acids is 1. The first-order valence-electron chi connectivity index (χ1n) is 10.2. The quantitative estimate of drug-likeness (QED) is 0.593. The molecule has 0 bridgehead atoms. The van der Waals surface area contributed by atoms with Crippen LogP contribution in [0.4, 0.5) is 0 Å². The number of rotatable bonds is 6. The molecule has 0 saturated carbocycles. The number of benzene rings is 2. The van der Waals surface area contributed by atoms with Crippen LogP contribution >= 0.6 is 11.6 Å². The van der Waals surface area contributed by atoms with E-state index in [1.165, 1.54) is 0 Å². The minimum Gasteiger partial charge on any atom is -0.440 e. The van der Waals surface area contributed by atoms with E-state index in [1.54, 1.807) is 0 Å². The first kappa shape index (κ1) is 19.9. The maximum absolute atomic E-state index is 13.0. The van der Waals surface area contributed by atoms with Crippen LogP contribution in [0.1, 0.15) is 42.1 Å². The number of amides is 1. The van der Waals surface area contributed by atoms with Crippen molar-refractivity contribution in [3.05, 3.63) is 64.5 Å². The average Bonchev–Trinajstić information content (AvgIpc) is 3.35. The maximum atomic E-state index is 13.0. The Hall–Kier alpha value is -2.37. The molecule has 1 aromatic heterocycles. The summed E-state index contributed by atoms with van der Waals surface area (Å²) in [5.74, 6) is 0.684. The standard InChI is InChI=1S/C23H26ClN3O2/c1-3-26(4-2)19-10-11-27(15-19)23(28)17-8-9-20-21(14-17)29-22(25-20)13-16-6-5-7-18(24)12-16/h5-9,12,14,19H,3-4,10-11,13,15H2,1-2H3. The SMILES string of the molecule is CCN(CC)C1CCN(C(=O)c2ccc3nc(Cc4cccc(Cl)c4)oc3c2)C1. The lowest BCUT2D eigenvalue weighted by Gasteiger charge is -2.26. The summed E-state index contributed by atoms with van der Waals surface area (Å²) in [7, 11) is 0. The summed E-state index contributed by atoms with van der Waals surface area (Å²) in [5, 5.41) is 0.695. The van der Waals surface area contributed by atoms with Crippen molar-refractivity contribution in [2.45, 2.75) is 32.7 Å². The van der Waals surface area contributed by atoms with E-state index < -0.39 is 0 Å². The molecule has 1 unspecified atom stereocenters. The molecule has 1 aliphatic heterocycles. The van der Waals surface area contributed by atoms with E-state index in [-0.39, 0.29) is 5.91 Å². The molecule has 3 aromatic rings. The Labute approximate surface area is 176 Å². The third-order valence-corrected chi connectivity index (χ3v) is 5.94. The Balaban J connectivity index is 1.49. The van der Waals surface area contributed by atoms with Crippen LogP contribution in [0, 0.1) is 0 Å². The Kier molecular flexibility index (Phi) is 5.88. The first-order valence-corrected chi connectivity index (χ1v) is 10.6. The Bertz CT molecular complexity index is 1010. The molecule has 4 rings (SSSR count). The highest BCUT2D eigenvalue weighted by molar-refractivity contribution is 6.30. The number of likely N-dealkylation sites (N-methyl/N-ethyl adjacent to an activating group) is 1. The number of likely N-dealkylation sites (tertiary alicyclic amines) is 1. The fourth-order valence-electron chi connectivity index (χ4n) is 4.15. The van der Waals surface area contributed by atoms with Crippen LogP contribution in [-0.4, -0.2) is 52.9 Å². The molecule has 0 radical (unpaired) electrons. The molecule has 6 heteroatoms. The third-order valence-electron chi connectivity index (χ3n) is 5.70. The monoisotopic (exact) mass is 411 g/mol. The molecule has 2 heterocycles. The summed E-state index contributed by atoms with van der Waals surface area (Å²) < 4.78 is 5.93. The Morgan fingerprint density at radius 1 is 1.24 bits per heavy atom. The number of carbonyl (C=O) groups is 1. The lowest BCUT2D eigenvalue weighted by Crippen LogP contribution is -2.38. The zero-order chi connectivity index (χ0) is 20.4. The van der Waals surface area contributed by atoms with Crippen LogP contribution in [0.2, 0.25) is 5.02 Å². The van der Waals surface area contributed by atoms with Gasteiger partial charge in [0.05, 0.1) is 0 Å². The van der Waals surface area contributed by atoms with Gasteiger partial charge in [0, 0.05) is 36.1 Å². The summed E-state index contributed by atoms with van der Waals surface area (Å²) in [4.78, 5) is 21.9. The average molecular weight is 412 g/mol. The zero-order valence-electron chi connectivity index (χ0n) is 16.9. The third kappa shape index (κ3) is 4.31. The zero-order valence-corrected chi connectivity index (χ0v) is 17.7. The van der Waals surface area contributed by atoms with Crippen LogP contribution in [-0.2, 0) is 6.42 Å². The van der Waals surface area contributed by atoms with Gasteiger partial charge in [-0.05, 0) is 55.4 Å². The van der Waals surface area contributed by atoms with Gasteiger partial charge in [-0.2, -0.15) is 0 Å². The highest BCUT2D eigenvalue weighted by atomic mass is 35.5. The van der Waals surface area contributed by atoms with Crippen LogP contribution < -0.4 is 0 Å². The van der Waals surface area contributed by atoms with Gasteiger partial charge >= 0.3 is 0 Å². The molecular weight excluding hydrogens is 386 g/mol. The normalized spacial score (nSPS) is 16.8. The van der Waals surface area contributed by atoms with Gasteiger partial charge in [0.1, 0.15) is 5.52 Å². The van der Waals surface area contributed by atoms with E-state index in [0.717, 1.165) is 43.7 Å². The van der Waals surface area contributed by atoms with E-state index in [2.05, 4.69) is 23.7 Å². The number of halogens is 1. The van der Waals surface area contributed by atoms with Crippen molar-refractivity contribution in [2.75, 3.05) is 26.2 Å². The second-order valence-electron chi connectivity index (χ2n) is 7.51. The van der Waals surface area contributed by atoms with Gasteiger partial charge in [0.15, 0.2) is 11.5 Å². The molecule has 1 fully saturated rings. The van der Waals surface area contributed by atoms with Crippen LogP contribution in [0.15, 0.2) is 46.9 Å². The number of fused-ring (bicyclic) bond motifs is 1. The fraction of sp³-hybridized carbons (Fsp3) is 0.391. The maximum Gasteiger partial charge on any atom is 0.254 e. The van der Waals surface area contributed by atoms with Gasteiger partial charge in [-0.3, -0.25) is 9.69 Å². The molecule has 0 N–H and O–H groups in total. The summed E-state index contributed by atoms with van der Waals surface area (Å²) in [6, 6.07) is 13.6. The summed E-state index contributed by atoms with van der Waals surface area (Å²) in [6.07, 6.45) is 1.60. The van der Waals surface area contributed by atoms with Crippen molar-refractivity contribution in [2.24, 2.45) is 0 Å². The molecule has 1 atom stereocenters. The Morgan fingerprint density at radius 2 is 2.07 bits per heavy atom. The molecular formula is C23H26ClN3O2. The molecule has 5 nitrogen and oxygen atoms in total. The summed E-state index contributed by atoms with van der Waals surface area (Å²) in [5.41, 5.74) is 3.11. The van der Waals surface area contributed by atoms with Crippen molar-refractivity contribution in [1.29, 1.82) is 0 Å². The van der Waals surface area contributed by atoms with E-state index in [0.29, 0.717) is 34.5 Å².